The molecule has 0 atom stereocenters. The maximum absolute atomic E-state index is 13.9. The van der Waals surface area contributed by atoms with E-state index in [-0.39, 0.29) is 39.0 Å². The first-order valence-electron chi connectivity index (χ1n) is 11.8. The number of nitrogens with one attached hydrogen (secondary N) is 1. The van der Waals surface area contributed by atoms with Crippen LogP contribution in [0, 0.1) is 17.0 Å². The van der Waals surface area contributed by atoms with Crippen LogP contribution in [0.4, 0.5) is 11.4 Å². The van der Waals surface area contributed by atoms with Crippen LogP contribution in [0.2, 0.25) is 10.0 Å². The summed E-state index contributed by atoms with van der Waals surface area (Å²) < 4.78 is 28.9. The number of nitro benzene ring substituents is 1. The molecule has 4 rings (SSSR count). The minimum absolute atomic E-state index is 0.0365. The second kappa shape index (κ2) is 12.3. The van der Waals surface area contributed by atoms with E-state index < -0.39 is 20.9 Å². The third-order valence-corrected chi connectivity index (χ3v) is 8.20. The van der Waals surface area contributed by atoms with Crippen molar-refractivity contribution in [3.63, 3.8) is 0 Å². The first-order chi connectivity index (χ1) is 19.1. The number of hydrogen-bond acceptors (Lipinski definition) is 6. The Bertz CT molecular complexity index is 1690. The second-order valence-electron chi connectivity index (χ2n) is 8.63. The predicted octanol–water partition coefficient (Wildman–Crippen LogP) is 6.37. The number of nitrogens with zero attached hydrogens (tertiary/aromatic N) is 3. The number of aryl methyl sites for hydroxylation is 1. The number of para-hydroxylation sites is 1. The number of hydrazone groups is 1. The number of non-ortho nitro benzene ring substituents is 1. The molecule has 0 heterocycles. The van der Waals surface area contributed by atoms with Crippen LogP contribution in [-0.4, -0.2) is 25.5 Å². The second-order valence-corrected chi connectivity index (χ2v) is 11.3. The summed E-state index contributed by atoms with van der Waals surface area (Å²) in [5.74, 6) is -0.700. The number of halogens is 2. The van der Waals surface area contributed by atoms with E-state index in [0.717, 1.165) is 9.87 Å². The van der Waals surface area contributed by atoms with Gasteiger partial charge in [-0.25, -0.2) is 13.8 Å². The van der Waals surface area contributed by atoms with Crippen LogP contribution < -0.4 is 9.73 Å². The summed E-state index contributed by atoms with van der Waals surface area (Å²) in [6, 6.07) is 23.2. The van der Waals surface area contributed by atoms with E-state index in [1.54, 1.807) is 48.5 Å². The number of anilines is 1. The van der Waals surface area contributed by atoms with Gasteiger partial charge in [-0.15, -0.1) is 0 Å². The summed E-state index contributed by atoms with van der Waals surface area (Å²) >= 11 is 12.1. The van der Waals surface area contributed by atoms with Crippen LogP contribution in [0.1, 0.15) is 27.0 Å². The molecule has 0 aliphatic carbocycles. The number of benzene rings is 4. The Labute approximate surface area is 240 Å². The highest BCUT2D eigenvalue weighted by molar-refractivity contribution is 7.92. The lowest BCUT2D eigenvalue weighted by Crippen LogP contribution is -2.33. The van der Waals surface area contributed by atoms with Crippen molar-refractivity contribution in [1.29, 1.82) is 0 Å². The zero-order valence-corrected chi connectivity index (χ0v) is 23.3. The van der Waals surface area contributed by atoms with Crippen LogP contribution in [0.5, 0.6) is 0 Å². The topological polar surface area (TPSA) is 122 Å². The average Bonchev–Trinajstić information content (AvgIpc) is 2.93. The first kappa shape index (κ1) is 28.8. The van der Waals surface area contributed by atoms with Crippen molar-refractivity contribution in [1.82, 2.24) is 5.43 Å². The molecule has 0 aliphatic rings. The Morgan fingerprint density at radius 3 is 2.35 bits per heavy atom. The van der Waals surface area contributed by atoms with Crippen LogP contribution in [0.25, 0.3) is 0 Å². The van der Waals surface area contributed by atoms with Gasteiger partial charge in [0.15, 0.2) is 0 Å². The van der Waals surface area contributed by atoms with Gasteiger partial charge in [-0.3, -0.25) is 19.2 Å². The lowest BCUT2D eigenvalue weighted by Gasteiger charge is -2.26. The Kier molecular flexibility index (Phi) is 8.83. The van der Waals surface area contributed by atoms with Crippen LogP contribution in [0.3, 0.4) is 0 Å². The molecule has 0 bridgehead atoms. The largest absolute Gasteiger partial charge is 0.273 e. The highest BCUT2D eigenvalue weighted by atomic mass is 35.5. The molecule has 4 aromatic carbocycles. The standard InChI is InChI=1S/C28H22Cl2N4O5S/c1-19-6-13-24(14-7-19)40(38,39)33(18-20-8-10-22(29)11-9-20)27-5-3-2-4-25(27)28(35)32-31-17-21-16-23(34(36)37)12-15-26(21)30/h2-17H,18H2,1H3,(H,32,35)/b31-17-. The van der Waals surface area contributed by atoms with Gasteiger partial charge in [-0.05, 0) is 55.0 Å². The van der Waals surface area contributed by atoms with Crippen molar-refractivity contribution >= 4 is 56.7 Å². The molecule has 1 amide bonds. The molecule has 0 unspecified atom stereocenters. The Balaban J connectivity index is 1.70. The molecule has 0 spiro atoms. The van der Waals surface area contributed by atoms with Crippen molar-refractivity contribution < 1.29 is 18.1 Å². The Hall–Kier alpha value is -4.25. The molecule has 0 aromatic heterocycles. The molecule has 12 heteroatoms. The minimum Gasteiger partial charge on any atom is -0.267 e. The minimum atomic E-state index is -4.12. The van der Waals surface area contributed by atoms with Gasteiger partial charge in [0, 0.05) is 27.7 Å². The van der Waals surface area contributed by atoms with Crippen LogP contribution >= 0.6 is 23.2 Å². The fourth-order valence-electron chi connectivity index (χ4n) is 3.74. The molecule has 40 heavy (non-hydrogen) atoms. The van der Waals surface area contributed by atoms with Gasteiger partial charge in [-0.2, -0.15) is 5.10 Å². The summed E-state index contributed by atoms with van der Waals surface area (Å²) in [5, 5.41) is 15.7. The lowest BCUT2D eigenvalue weighted by atomic mass is 10.1. The van der Waals surface area contributed by atoms with Crippen molar-refractivity contribution in [3.05, 3.63) is 133 Å². The molecule has 0 radical (unpaired) electrons. The van der Waals surface area contributed by atoms with E-state index >= 15 is 0 Å². The number of carbonyl (C=O) groups excluding carboxylic acids is 1. The fraction of sp³-hybridized carbons (Fsp3) is 0.0714. The molecular weight excluding hydrogens is 575 g/mol. The van der Waals surface area contributed by atoms with Crippen molar-refractivity contribution in [3.8, 4) is 0 Å². The maximum atomic E-state index is 13.9. The molecule has 0 aliphatic heterocycles. The number of hydrogen-bond donors (Lipinski definition) is 1. The van der Waals surface area contributed by atoms with Gasteiger partial charge < -0.3 is 0 Å². The van der Waals surface area contributed by atoms with E-state index in [9.17, 15) is 23.3 Å². The summed E-state index contributed by atoms with van der Waals surface area (Å²) in [6.45, 7) is 1.77. The SMILES string of the molecule is Cc1ccc(S(=O)(=O)N(Cc2ccc(Cl)cc2)c2ccccc2C(=O)N/N=C\c2cc([N+](=O)[O-])ccc2Cl)cc1. The van der Waals surface area contributed by atoms with E-state index in [2.05, 4.69) is 10.5 Å². The van der Waals surface area contributed by atoms with E-state index in [4.69, 9.17) is 23.2 Å². The Morgan fingerprint density at radius 2 is 1.68 bits per heavy atom. The molecule has 0 saturated carbocycles. The normalized spacial score (nSPS) is 11.4. The van der Waals surface area contributed by atoms with Crippen molar-refractivity contribution in [2.24, 2.45) is 5.10 Å². The van der Waals surface area contributed by atoms with E-state index in [1.807, 2.05) is 6.92 Å². The highest BCUT2D eigenvalue weighted by Gasteiger charge is 2.28. The monoisotopic (exact) mass is 596 g/mol. The van der Waals surface area contributed by atoms with E-state index in [1.165, 1.54) is 48.7 Å². The highest BCUT2D eigenvalue weighted by Crippen LogP contribution is 2.30. The van der Waals surface area contributed by atoms with Crippen molar-refractivity contribution in [2.45, 2.75) is 18.4 Å². The zero-order chi connectivity index (χ0) is 28.9. The summed E-state index contributed by atoms with van der Waals surface area (Å²) in [7, 11) is -4.12. The lowest BCUT2D eigenvalue weighted by molar-refractivity contribution is -0.384. The molecule has 204 valence electrons. The van der Waals surface area contributed by atoms with Gasteiger partial charge in [-0.1, -0.05) is 65.2 Å². The van der Waals surface area contributed by atoms with Crippen LogP contribution in [-0.2, 0) is 16.6 Å². The van der Waals surface area contributed by atoms with Crippen molar-refractivity contribution in [2.75, 3.05) is 4.31 Å². The fourth-order valence-corrected chi connectivity index (χ4v) is 5.50. The van der Waals surface area contributed by atoms with Gasteiger partial charge in [0.25, 0.3) is 21.6 Å². The third-order valence-electron chi connectivity index (χ3n) is 5.83. The molecule has 9 nitrogen and oxygen atoms in total. The third kappa shape index (κ3) is 6.66. The summed E-state index contributed by atoms with van der Waals surface area (Å²) in [5.41, 5.74) is 4.08. The number of nitro groups is 1. The van der Waals surface area contributed by atoms with Crippen LogP contribution in [0.15, 0.2) is 101 Å². The quantitative estimate of drug-likeness (QED) is 0.137. The number of sulfonamides is 1. The van der Waals surface area contributed by atoms with Gasteiger partial charge >= 0.3 is 0 Å². The average molecular weight is 597 g/mol. The maximum Gasteiger partial charge on any atom is 0.273 e. The smallest absolute Gasteiger partial charge is 0.267 e. The van der Waals surface area contributed by atoms with Gasteiger partial charge in [0.1, 0.15) is 0 Å². The zero-order valence-electron chi connectivity index (χ0n) is 21.0. The molecule has 4 aromatic rings. The molecule has 0 saturated heterocycles. The predicted molar refractivity (Wildman–Crippen MR) is 156 cm³/mol. The summed E-state index contributed by atoms with van der Waals surface area (Å²) in [6.07, 6.45) is 1.17. The van der Waals surface area contributed by atoms with Gasteiger partial charge in [0.2, 0.25) is 0 Å². The number of carbonyl (C=O) groups is 1. The molecular formula is C28H22Cl2N4O5S. The van der Waals surface area contributed by atoms with Gasteiger partial charge in [0.05, 0.1) is 33.8 Å². The number of amides is 1. The molecule has 0 fully saturated rings. The summed E-state index contributed by atoms with van der Waals surface area (Å²) in [4.78, 5) is 23.8. The Morgan fingerprint density at radius 1 is 1.00 bits per heavy atom. The number of rotatable bonds is 9. The van der Waals surface area contributed by atoms with E-state index in [0.29, 0.717) is 10.6 Å². The first-order valence-corrected chi connectivity index (χ1v) is 14.0. The molecule has 1 N–H and O–H groups in total.